The van der Waals surface area contributed by atoms with Gasteiger partial charge in [0.1, 0.15) is 5.82 Å². The highest BCUT2D eigenvalue weighted by Crippen LogP contribution is 2.31. The first-order valence-electron chi connectivity index (χ1n) is 10.8. The zero-order valence-corrected chi connectivity index (χ0v) is 20.4. The summed E-state index contributed by atoms with van der Waals surface area (Å²) in [5, 5.41) is 2.24. The summed E-state index contributed by atoms with van der Waals surface area (Å²) in [7, 11) is -1.77. The van der Waals surface area contributed by atoms with Crippen LogP contribution in [-0.2, 0) is 30.2 Å². The summed E-state index contributed by atoms with van der Waals surface area (Å²) in [4.78, 5) is 17.5. The van der Waals surface area contributed by atoms with Crippen LogP contribution in [0.3, 0.4) is 0 Å². The quantitative estimate of drug-likeness (QED) is 0.592. The van der Waals surface area contributed by atoms with Crippen LogP contribution in [0.25, 0.3) is 0 Å². The van der Waals surface area contributed by atoms with Gasteiger partial charge >= 0.3 is 0 Å². The van der Waals surface area contributed by atoms with Gasteiger partial charge < -0.3 is 4.74 Å². The second-order valence-electron chi connectivity index (χ2n) is 8.23. The number of rotatable bonds is 6. The first kappa shape index (κ1) is 23.2. The van der Waals surface area contributed by atoms with Gasteiger partial charge in [0, 0.05) is 26.7 Å². The molecule has 3 heterocycles. The van der Waals surface area contributed by atoms with E-state index in [4.69, 9.17) is 4.74 Å². The molecule has 174 valence electrons. The smallest absolute Gasteiger partial charge is 0.295 e. The Morgan fingerprint density at radius 1 is 1.25 bits per heavy atom. The third-order valence-corrected chi connectivity index (χ3v) is 10.0. The fraction of sp³-hybridized carbons (Fsp3) is 0.500. The van der Waals surface area contributed by atoms with Crippen molar-refractivity contribution in [1.29, 1.82) is 0 Å². The molecule has 0 aliphatic carbocycles. The molecule has 0 amide bonds. The van der Waals surface area contributed by atoms with Gasteiger partial charge in [-0.15, -0.1) is 10.7 Å². The zero-order chi connectivity index (χ0) is 22.9. The predicted molar refractivity (Wildman–Crippen MR) is 127 cm³/mol. The summed E-state index contributed by atoms with van der Waals surface area (Å²) in [5.41, 5.74) is 0.465. The molecule has 4 rings (SSSR count). The highest BCUT2D eigenvalue weighted by molar-refractivity contribution is 8.12. The normalized spacial score (nSPS) is 20.3. The van der Waals surface area contributed by atoms with Gasteiger partial charge in [0.2, 0.25) is 15.8 Å². The van der Waals surface area contributed by atoms with Crippen LogP contribution in [0.5, 0.6) is 5.75 Å². The Bertz CT molecular complexity index is 1180. The van der Waals surface area contributed by atoms with Crippen LogP contribution in [0.4, 0.5) is 0 Å². The molecular formula is C22H30N4O4S2. The van der Waals surface area contributed by atoms with E-state index >= 15 is 0 Å². The predicted octanol–water partition coefficient (Wildman–Crippen LogP) is 2.21. The molecule has 10 heteroatoms. The van der Waals surface area contributed by atoms with Crippen molar-refractivity contribution in [2.75, 3.05) is 26.0 Å². The summed E-state index contributed by atoms with van der Waals surface area (Å²) in [5.74, 6) is 1.01. The lowest BCUT2D eigenvalue weighted by atomic mass is 9.99. The lowest BCUT2D eigenvalue weighted by molar-refractivity contribution is 0.187. The summed E-state index contributed by atoms with van der Waals surface area (Å²) >= 11 is 0. The second kappa shape index (κ2) is 9.46. The van der Waals surface area contributed by atoms with Crippen LogP contribution in [0.15, 0.2) is 40.2 Å². The van der Waals surface area contributed by atoms with Gasteiger partial charge in [-0.2, -0.15) is 4.31 Å². The number of hydrogen-bond donors (Lipinski definition) is 0. The topological polar surface area (TPSA) is 84.7 Å². The fourth-order valence-corrected chi connectivity index (χ4v) is 6.79. The lowest BCUT2D eigenvalue weighted by Crippen LogP contribution is -2.33. The molecule has 32 heavy (non-hydrogen) atoms. The number of hydrogen-bond acceptors (Lipinski definition) is 6. The van der Waals surface area contributed by atoms with Gasteiger partial charge in [-0.3, -0.25) is 13.7 Å². The van der Waals surface area contributed by atoms with Gasteiger partial charge in [0.25, 0.3) is 5.56 Å². The van der Waals surface area contributed by atoms with Gasteiger partial charge in [-0.1, -0.05) is 23.6 Å². The number of piperidine rings is 1. The molecule has 2 aliphatic heterocycles. The van der Waals surface area contributed by atoms with Crippen LogP contribution < -0.4 is 10.3 Å². The van der Waals surface area contributed by atoms with Crippen molar-refractivity contribution >= 4 is 26.1 Å². The van der Waals surface area contributed by atoms with Crippen molar-refractivity contribution in [3.05, 3.63) is 52.2 Å². The van der Waals surface area contributed by atoms with Crippen LogP contribution in [0, 0.1) is 5.92 Å². The Morgan fingerprint density at radius 3 is 2.66 bits per heavy atom. The minimum absolute atomic E-state index is 0.0366. The lowest BCUT2D eigenvalue weighted by Gasteiger charge is -2.32. The molecule has 1 atom stereocenters. The third kappa shape index (κ3) is 4.54. The number of sulfonamides is 1. The van der Waals surface area contributed by atoms with E-state index < -0.39 is 10.0 Å². The van der Waals surface area contributed by atoms with Gasteiger partial charge in [-0.05, 0) is 43.6 Å². The molecule has 0 saturated carbocycles. The maximum atomic E-state index is 12.8. The number of ether oxygens (including phenoxy) is 1. The van der Waals surface area contributed by atoms with E-state index in [-0.39, 0.29) is 35.1 Å². The molecule has 1 unspecified atom stereocenters. The highest BCUT2D eigenvalue weighted by Gasteiger charge is 2.35. The zero-order valence-electron chi connectivity index (χ0n) is 18.7. The molecule has 1 saturated heterocycles. The minimum atomic E-state index is -3.58. The minimum Gasteiger partial charge on any atom is -0.486 e. The van der Waals surface area contributed by atoms with Crippen molar-refractivity contribution < 1.29 is 13.2 Å². The van der Waals surface area contributed by atoms with Crippen LogP contribution in [-0.4, -0.2) is 57.9 Å². The van der Waals surface area contributed by atoms with Gasteiger partial charge in [0.15, 0.2) is 0 Å². The first-order chi connectivity index (χ1) is 15.3. The third-order valence-electron chi connectivity index (χ3n) is 6.28. The van der Waals surface area contributed by atoms with Crippen molar-refractivity contribution in [3.8, 4) is 5.75 Å². The average molecular weight is 479 g/mol. The molecule has 2 aliphatic rings. The average Bonchev–Trinajstić information content (AvgIpc) is 3.06. The summed E-state index contributed by atoms with van der Waals surface area (Å²) in [6, 6.07) is 6.96. The molecule has 8 nitrogen and oxygen atoms in total. The highest BCUT2D eigenvalue weighted by atomic mass is 32.2. The molecule has 1 aromatic carbocycles. The Balaban J connectivity index is 1.40. The van der Waals surface area contributed by atoms with Crippen LogP contribution >= 0.6 is 10.7 Å². The molecule has 2 aromatic rings. The van der Waals surface area contributed by atoms with Crippen molar-refractivity contribution in [3.63, 3.8) is 0 Å². The maximum Gasteiger partial charge on any atom is 0.295 e. The number of benzene rings is 1. The van der Waals surface area contributed by atoms with Crippen molar-refractivity contribution in [2.45, 2.75) is 37.8 Å². The molecule has 0 bridgehead atoms. The van der Waals surface area contributed by atoms with Crippen molar-refractivity contribution in [2.24, 2.45) is 13.0 Å². The second-order valence-corrected chi connectivity index (χ2v) is 12.2. The Morgan fingerprint density at radius 2 is 1.97 bits per heavy atom. The molecule has 0 spiro atoms. The molecule has 1 aromatic heterocycles. The Hall–Kier alpha value is -2.01. The number of nitrogens with zero attached hydrogens (tertiary/aromatic N) is 4. The Labute approximate surface area is 191 Å². The fourth-order valence-electron chi connectivity index (χ4n) is 4.12. The largest absolute Gasteiger partial charge is 0.486 e. The number of aromatic nitrogens is 2. The van der Waals surface area contributed by atoms with E-state index in [1.165, 1.54) is 15.1 Å². The van der Waals surface area contributed by atoms with Crippen molar-refractivity contribution in [1.82, 2.24) is 18.2 Å². The van der Waals surface area contributed by atoms with E-state index in [1.54, 1.807) is 19.2 Å². The van der Waals surface area contributed by atoms with Crippen LogP contribution in [0.1, 0.15) is 31.2 Å². The molecule has 0 radical (unpaired) electrons. The van der Waals surface area contributed by atoms with Crippen LogP contribution in [0.2, 0.25) is 0 Å². The SMILES string of the molecule is C/C=S(/C)N1CCC(COc2cnc(CN3Cc4ccccc4S3(=O)=O)n(C)c2=O)CC1. The maximum absolute atomic E-state index is 12.8. The summed E-state index contributed by atoms with van der Waals surface area (Å²) in [6.45, 7) is 4.99. The molecule has 0 N–H and O–H groups in total. The summed E-state index contributed by atoms with van der Waals surface area (Å²) < 4.78 is 36.7. The monoisotopic (exact) mass is 478 g/mol. The van der Waals surface area contributed by atoms with E-state index in [9.17, 15) is 13.2 Å². The molecule has 1 fully saturated rings. The van der Waals surface area contributed by atoms with Gasteiger partial charge in [-0.25, -0.2) is 13.4 Å². The van der Waals surface area contributed by atoms with E-state index in [0.29, 0.717) is 23.2 Å². The Kier molecular flexibility index (Phi) is 6.85. The van der Waals surface area contributed by atoms with E-state index in [0.717, 1.165) is 31.5 Å². The standard InChI is InChI=1S/C22H30N4O4S2/c1-4-31(3)25-11-9-17(10-12-25)16-30-19-13-23-21(24(2)22(19)27)15-26-14-18-7-5-6-8-20(18)32(26,28)29/h4-8,13,17H,9-12,14-16H2,1-3H3. The molecular weight excluding hydrogens is 448 g/mol. The number of fused-ring (bicyclic) bond motifs is 1. The summed E-state index contributed by atoms with van der Waals surface area (Å²) in [6.07, 6.45) is 5.76. The first-order valence-corrected chi connectivity index (χ1v) is 13.9. The van der Waals surface area contributed by atoms with Gasteiger partial charge in [0.05, 0.1) is 24.2 Å². The van der Waals surface area contributed by atoms with E-state index in [1.807, 2.05) is 12.1 Å². The van der Waals surface area contributed by atoms with E-state index in [2.05, 4.69) is 27.8 Å².